The molecular formula is C11H14O4. The molecule has 0 bridgehead atoms. The second kappa shape index (κ2) is 3.56. The summed E-state index contributed by atoms with van der Waals surface area (Å²) < 4.78 is 5.08. The minimum atomic E-state index is -0.845. The lowest BCUT2D eigenvalue weighted by molar-refractivity contribution is -0.116. The lowest BCUT2D eigenvalue weighted by atomic mass is 9.85. The first kappa shape index (κ1) is 10.5. The van der Waals surface area contributed by atoms with E-state index in [0.29, 0.717) is 11.1 Å². The van der Waals surface area contributed by atoms with Crippen molar-refractivity contribution in [1.82, 2.24) is 0 Å². The van der Waals surface area contributed by atoms with Gasteiger partial charge in [0.05, 0.1) is 6.61 Å². The van der Waals surface area contributed by atoms with Crippen molar-refractivity contribution in [3.8, 4) is 0 Å². The Bertz CT molecular complexity index is 367. The number of hydrogen-bond donors (Lipinski definition) is 2. The van der Waals surface area contributed by atoms with Crippen LogP contribution in [0.5, 0.6) is 0 Å². The van der Waals surface area contributed by atoms with Crippen LogP contribution in [-0.4, -0.2) is 40.9 Å². The van der Waals surface area contributed by atoms with Gasteiger partial charge in [0.15, 0.2) is 5.78 Å². The van der Waals surface area contributed by atoms with Crippen molar-refractivity contribution in [2.24, 2.45) is 0 Å². The zero-order chi connectivity index (χ0) is 11.2. The Kier molecular flexibility index (Phi) is 2.50. The topological polar surface area (TPSA) is 70.1 Å². The number of Topliss-reactive ketones (excluding diaryl/α,β-unsaturated/α-hetero) is 1. The number of epoxide rings is 1. The minimum Gasteiger partial charge on any atom is -0.392 e. The molecule has 1 aliphatic carbocycles. The number of ether oxygens (including phenoxy) is 1. The SMILES string of the molecule is C/C=C(\C)C1=C(CO)C(O)C2OC2C1=O. The lowest BCUT2D eigenvalue weighted by Crippen LogP contribution is -2.33. The Balaban J connectivity index is 2.47. The summed E-state index contributed by atoms with van der Waals surface area (Å²) in [5.74, 6) is -0.120. The highest BCUT2D eigenvalue weighted by molar-refractivity contribution is 6.06. The van der Waals surface area contributed by atoms with Crippen molar-refractivity contribution in [3.05, 3.63) is 22.8 Å². The van der Waals surface area contributed by atoms with Gasteiger partial charge in [-0.05, 0) is 25.0 Å². The van der Waals surface area contributed by atoms with Crippen LogP contribution in [0.15, 0.2) is 22.8 Å². The van der Waals surface area contributed by atoms with E-state index < -0.39 is 18.3 Å². The summed E-state index contributed by atoms with van der Waals surface area (Å²) in [5, 5.41) is 19.0. The van der Waals surface area contributed by atoms with Crippen molar-refractivity contribution >= 4 is 5.78 Å². The fraction of sp³-hybridized carbons (Fsp3) is 0.545. The van der Waals surface area contributed by atoms with E-state index in [1.165, 1.54) is 0 Å². The van der Waals surface area contributed by atoms with Gasteiger partial charge in [-0.25, -0.2) is 0 Å². The summed E-state index contributed by atoms with van der Waals surface area (Å²) in [6, 6.07) is 0. The molecule has 82 valence electrons. The van der Waals surface area contributed by atoms with Crippen LogP contribution in [-0.2, 0) is 9.53 Å². The molecular weight excluding hydrogens is 196 g/mol. The van der Waals surface area contributed by atoms with Gasteiger partial charge in [-0.15, -0.1) is 0 Å². The van der Waals surface area contributed by atoms with Crippen molar-refractivity contribution in [2.45, 2.75) is 32.2 Å². The molecule has 15 heavy (non-hydrogen) atoms. The Morgan fingerprint density at radius 3 is 2.80 bits per heavy atom. The fourth-order valence-electron chi connectivity index (χ4n) is 1.99. The molecule has 0 aromatic heterocycles. The average Bonchev–Trinajstić information content (AvgIpc) is 3.02. The molecule has 1 aliphatic heterocycles. The number of aliphatic hydroxyl groups is 2. The van der Waals surface area contributed by atoms with Gasteiger partial charge >= 0.3 is 0 Å². The molecule has 1 heterocycles. The van der Waals surface area contributed by atoms with E-state index in [1.807, 2.05) is 6.92 Å². The highest BCUT2D eigenvalue weighted by atomic mass is 16.6. The molecule has 1 saturated heterocycles. The first-order valence-electron chi connectivity index (χ1n) is 4.96. The zero-order valence-electron chi connectivity index (χ0n) is 8.73. The summed E-state index contributed by atoms with van der Waals surface area (Å²) in [6.07, 6.45) is 0.00839. The Labute approximate surface area is 87.9 Å². The standard InChI is InChI=1S/C11H14O4/c1-3-5(2)7-6(4-12)8(13)10-11(15-10)9(7)14/h3,8,10-13H,4H2,1-2H3/b5-3+. The lowest BCUT2D eigenvalue weighted by Gasteiger charge is -2.20. The fourth-order valence-corrected chi connectivity index (χ4v) is 1.99. The number of ketones is 1. The van der Waals surface area contributed by atoms with Crippen molar-refractivity contribution in [3.63, 3.8) is 0 Å². The van der Waals surface area contributed by atoms with Crippen molar-refractivity contribution in [2.75, 3.05) is 6.61 Å². The molecule has 0 aromatic carbocycles. The summed E-state index contributed by atoms with van der Waals surface area (Å²) in [6.45, 7) is 3.30. The monoisotopic (exact) mass is 210 g/mol. The maximum atomic E-state index is 11.8. The number of hydrogen-bond acceptors (Lipinski definition) is 4. The number of carbonyl (C=O) groups excluding carboxylic acids is 1. The van der Waals surface area contributed by atoms with E-state index >= 15 is 0 Å². The largest absolute Gasteiger partial charge is 0.392 e. The normalized spacial score (nSPS) is 35.6. The summed E-state index contributed by atoms with van der Waals surface area (Å²) in [5.41, 5.74) is 1.60. The second-order valence-corrected chi connectivity index (χ2v) is 3.86. The molecule has 2 N–H and O–H groups in total. The molecule has 4 heteroatoms. The summed E-state index contributed by atoms with van der Waals surface area (Å²) >= 11 is 0. The number of carbonyl (C=O) groups is 1. The van der Waals surface area contributed by atoms with Crippen LogP contribution in [0, 0.1) is 0 Å². The molecule has 4 nitrogen and oxygen atoms in total. The Hall–Kier alpha value is -0.970. The van der Waals surface area contributed by atoms with Gasteiger partial charge in [-0.2, -0.15) is 0 Å². The molecule has 0 saturated carbocycles. The van der Waals surface area contributed by atoms with Crippen LogP contribution in [0.25, 0.3) is 0 Å². The molecule has 3 atom stereocenters. The van der Waals surface area contributed by atoms with E-state index in [9.17, 15) is 15.0 Å². The van der Waals surface area contributed by atoms with E-state index in [1.54, 1.807) is 13.0 Å². The Morgan fingerprint density at radius 2 is 2.27 bits per heavy atom. The van der Waals surface area contributed by atoms with Gasteiger partial charge in [0.1, 0.15) is 18.3 Å². The van der Waals surface area contributed by atoms with Gasteiger partial charge in [0.2, 0.25) is 0 Å². The number of rotatable bonds is 2. The second-order valence-electron chi connectivity index (χ2n) is 3.86. The van der Waals surface area contributed by atoms with Gasteiger partial charge in [-0.3, -0.25) is 4.79 Å². The molecule has 0 amide bonds. The number of allylic oxidation sites excluding steroid dienone is 2. The molecule has 1 fully saturated rings. The van der Waals surface area contributed by atoms with Crippen LogP contribution in [0.4, 0.5) is 0 Å². The molecule has 0 spiro atoms. The quantitative estimate of drug-likeness (QED) is 0.627. The number of fused-ring (bicyclic) bond motifs is 1. The smallest absolute Gasteiger partial charge is 0.194 e. The number of aliphatic hydroxyl groups excluding tert-OH is 2. The first-order chi connectivity index (χ1) is 7.11. The molecule has 0 radical (unpaired) electrons. The van der Waals surface area contributed by atoms with Gasteiger partial charge in [-0.1, -0.05) is 6.08 Å². The van der Waals surface area contributed by atoms with E-state index in [2.05, 4.69) is 0 Å². The molecule has 3 unspecified atom stereocenters. The molecule has 2 aliphatic rings. The van der Waals surface area contributed by atoms with Crippen molar-refractivity contribution < 1.29 is 19.7 Å². The third kappa shape index (κ3) is 1.45. The molecule has 2 rings (SSSR count). The predicted molar refractivity (Wildman–Crippen MR) is 53.2 cm³/mol. The highest BCUT2D eigenvalue weighted by Gasteiger charge is 2.55. The first-order valence-corrected chi connectivity index (χ1v) is 4.96. The predicted octanol–water partition coefficient (Wildman–Crippen LogP) is -0.0475. The maximum Gasteiger partial charge on any atom is 0.194 e. The summed E-state index contributed by atoms with van der Waals surface area (Å²) in [4.78, 5) is 11.8. The van der Waals surface area contributed by atoms with Crippen LogP contribution in [0.3, 0.4) is 0 Å². The van der Waals surface area contributed by atoms with Crippen LogP contribution in [0.2, 0.25) is 0 Å². The zero-order valence-corrected chi connectivity index (χ0v) is 8.73. The van der Waals surface area contributed by atoms with Gasteiger partial charge in [0.25, 0.3) is 0 Å². The van der Waals surface area contributed by atoms with Gasteiger partial charge in [0, 0.05) is 5.57 Å². The Morgan fingerprint density at radius 1 is 1.60 bits per heavy atom. The minimum absolute atomic E-state index is 0.120. The van der Waals surface area contributed by atoms with Crippen LogP contribution < -0.4 is 0 Å². The van der Waals surface area contributed by atoms with E-state index in [0.717, 1.165) is 5.57 Å². The highest BCUT2D eigenvalue weighted by Crippen LogP contribution is 2.39. The maximum absolute atomic E-state index is 11.8. The van der Waals surface area contributed by atoms with Crippen LogP contribution in [0.1, 0.15) is 13.8 Å². The third-order valence-corrected chi connectivity index (χ3v) is 3.02. The van der Waals surface area contributed by atoms with Crippen molar-refractivity contribution in [1.29, 1.82) is 0 Å². The van der Waals surface area contributed by atoms with Gasteiger partial charge < -0.3 is 14.9 Å². The average molecular weight is 210 g/mol. The molecule has 0 aromatic rings. The van der Waals surface area contributed by atoms with Crippen LogP contribution >= 0.6 is 0 Å². The summed E-state index contributed by atoms with van der Waals surface area (Å²) in [7, 11) is 0. The third-order valence-electron chi connectivity index (χ3n) is 3.02. The van der Waals surface area contributed by atoms with E-state index in [4.69, 9.17) is 4.74 Å². The van der Waals surface area contributed by atoms with E-state index in [-0.39, 0.29) is 12.4 Å².